The fourth-order valence-electron chi connectivity index (χ4n) is 2.84. The standard InChI is InChI=1S/C15H18ClF3N2O/c1-10-8-20(6-7-21(10)14(16)22)9-12-4-3-5-13(11(12)2)15(17,18)19/h3-5,10H,6-9H2,1-2H3/t10-/m1/s1. The predicted molar refractivity (Wildman–Crippen MR) is 78.9 cm³/mol. The smallest absolute Gasteiger partial charge is 0.324 e. The first-order chi connectivity index (χ1) is 10.2. The average Bonchev–Trinajstić information content (AvgIpc) is 2.39. The molecule has 1 aliphatic heterocycles. The molecule has 7 heteroatoms. The van der Waals surface area contributed by atoms with Crippen LogP contribution in [0.15, 0.2) is 18.2 Å². The summed E-state index contributed by atoms with van der Waals surface area (Å²) in [5.41, 5.74) is 0.332. The fourth-order valence-corrected chi connectivity index (χ4v) is 3.09. The van der Waals surface area contributed by atoms with E-state index < -0.39 is 17.1 Å². The summed E-state index contributed by atoms with van der Waals surface area (Å²) >= 11 is 5.50. The molecule has 0 spiro atoms. The summed E-state index contributed by atoms with van der Waals surface area (Å²) in [4.78, 5) is 14.8. The second-order valence-corrected chi connectivity index (χ2v) is 5.94. The van der Waals surface area contributed by atoms with E-state index in [1.807, 2.05) is 11.8 Å². The summed E-state index contributed by atoms with van der Waals surface area (Å²) in [5, 5.41) is -0.484. The first-order valence-corrected chi connectivity index (χ1v) is 7.42. The van der Waals surface area contributed by atoms with Gasteiger partial charge in [-0.05, 0) is 42.6 Å². The second-order valence-electron chi connectivity index (χ2n) is 5.62. The van der Waals surface area contributed by atoms with Gasteiger partial charge in [-0.1, -0.05) is 12.1 Å². The number of hydrogen-bond donors (Lipinski definition) is 0. The molecule has 1 aromatic carbocycles. The molecule has 1 atom stereocenters. The molecule has 0 bridgehead atoms. The van der Waals surface area contributed by atoms with Crippen LogP contribution < -0.4 is 0 Å². The van der Waals surface area contributed by atoms with Crippen LogP contribution in [0.3, 0.4) is 0 Å². The zero-order chi connectivity index (χ0) is 16.5. The first-order valence-electron chi connectivity index (χ1n) is 7.04. The molecule has 0 unspecified atom stereocenters. The normalized spacial score (nSPS) is 20.3. The number of rotatable bonds is 2. The minimum atomic E-state index is -4.34. The summed E-state index contributed by atoms with van der Waals surface area (Å²) in [6, 6.07) is 4.21. The maximum Gasteiger partial charge on any atom is 0.416 e. The van der Waals surface area contributed by atoms with E-state index >= 15 is 0 Å². The highest BCUT2D eigenvalue weighted by atomic mass is 35.5. The van der Waals surface area contributed by atoms with Gasteiger partial charge >= 0.3 is 11.5 Å². The van der Waals surface area contributed by atoms with Gasteiger partial charge in [0.25, 0.3) is 0 Å². The highest BCUT2D eigenvalue weighted by molar-refractivity contribution is 6.62. The number of benzene rings is 1. The van der Waals surface area contributed by atoms with Gasteiger partial charge in [0, 0.05) is 32.2 Å². The van der Waals surface area contributed by atoms with Crippen LogP contribution in [-0.2, 0) is 12.7 Å². The van der Waals surface area contributed by atoms with Crippen LogP contribution in [0.4, 0.5) is 18.0 Å². The summed E-state index contributed by atoms with van der Waals surface area (Å²) < 4.78 is 38.8. The average molecular weight is 335 g/mol. The summed E-state index contributed by atoms with van der Waals surface area (Å²) in [7, 11) is 0. The number of nitrogens with zero attached hydrogens (tertiary/aromatic N) is 2. The van der Waals surface area contributed by atoms with Gasteiger partial charge in [-0.3, -0.25) is 9.69 Å². The third-order valence-electron chi connectivity index (χ3n) is 4.08. The first kappa shape index (κ1) is 17.1. The Bertz CT molecular complexity index is 562. The second kappa shape index (κ2) is 6.46. The van der Waals surface area contributed by atoms with Crippen LogP contribution in [0.1, 0.15) is 23.6 Å². The van der Waals surface area contributed by atoms with Gasteiger partial charge in [0.15, 0.2) is 0 Å². The zero-order valence-corrected chi connectivity index (χ0v) is 13.2. The Morgan fingerprint density at radius 3 is 2.59 bits per heavy atom. The van der Waals surface area contributed by atoms with Crippen molar-refractivity contribution in [3.63, 3.8) is 0 Å². The summed E-state index contributed by atoms with van der Waals surface area (Å²) in [6.45, 7) is 5.49. The van der Waals surface area contributed by atoms with Crippen molar-refractivity contribution in [2.24, 2.45) is 0 Å². The molecule has 3 nitrogen and oxygen atoms in total. The Balaban J connectivity index is 2.11. The van der Waals surface area contributed by atoms with Crippen LogP contribution in [0.25, 0.3) is 0 Å². The topological polar surface area (TPSA) is 23.6 Å². The zero-order valence-electron chi connectivity index (χ0n) is 12.5. The molecule has 0 N–H and O–H groups in total. The Morgan fingerprint density at radius 1 is 1.36 bits per heavy atom. The Morgan fingerprint density at radius 2 is 2.05 bits per heavy atom. The number of carbonyl (C=O) groups excluding carboxylic acids is 1. The van der Waals surface area contributed by atoms with Crippen molar-refractivity contribution >= 4 is 17.0 Å². The SMILES string of the molecule is Cc1c(CN2CCN(C(=O)Cl)[C@H](C)C2)cccc1C(F)(F)F. The number of alkyl halides is 3. The molecule has 1 aromatic rings. The van der Waals surface area contributed by atoms with Crippen molar-refractivity contribution in [1.82, 2.24) is 9.80 Å². The lowest BCUT2D eigenvalue weighted by Gasteiger charge is -2.39. The Hall–Kier alpha value is -1.27. The molecule has 0 radical (unpaired) electrons. The summed E-state index contributed by atoms with van der Waals surface area (Å²) in [5.74, 6) is 0. The lowest BCUT2D eigenvalue weighted by molar-refractivity contribution is -0.138. The lowest BCUT2D eigenvalue weighted by Crippen LogP contribution is -2.52. The highest BCUT2D eigenvalue weighted by Crippen LogP contribution is 2.33. The van der Waals surface area contributed by atoms with Crippen LogP contribution in [-0.4, -0.2) is 40.8 Å². The van der Waals surface area contributed by atoms with Crippen LogP contribution in [0, 0.1) is 6.92 Å². The maximum atomic E-state index is 12.9. The van der Waals surface area contributed by atoms with E-state index in [1.54, 1.807) is 11.0 Å². The van der Waals surface area contributed by atoms with Crippen molar-refractivity contribution in [3.05, 3.63) is 34.9 Å². The molecular weight excluding hydrogens is 317 g/mol. The number of hydrogen-bond acceptors (Lipinski definition) is 2. The lowest BCUT2D eigenvalue weighted by atomic mass is 10.0. The van der Waals surface area contributed by atoms with Gasteiger partial charge < -0.3 is 4.90 Å². The van der Waals surface area contributed by atoms with Crippen molar-refractivity contribution < 1.29 is 18.0 Å². The highest BCUT2D eigenvalue weighted by Gasteiger charge is 2.33. The quantitative estimate of drug-likeness (QED) is 0.605. The molecular formula is C15H18ClF3N2O. The minimum absolute atomic E-state index is 0.0511. The molecule has 0 aliphatic carbocycles. The monoisotopic (exact) mass is 334 g/mol. The van der Waals surface area contributed by atoms with Crippen molar-refractivity contribution in [3.8, 4) is 0 Å². The molecule has 0 saturated carbocycles. The fraction of sp³-hybridized carbons (Fsp3) is 0.533. The van der Waals surface area contributed by atoms with Crippen molar-refractivity contribution in [2.45, 2.75) is 32.6 Å². The Kier molecular flexibility index (Phi) is 5.02. The van der Waals surface area contributed by atoms with Gasteiger partial charge in [0.2, 0.25) is 0 Å². The van der Waals surface area contributed by atoms with Gasteiger partial charge in [0.05, 0.1) is 5.56 Å². The van der Waals surface area contributed by atoms with E-state index in [9.17, 15) is 18.0 Å². The van der Waals surface area contributed by atoms with Crippen molar-refractivity contribution in [2.75, 3.05) is 19.6 Å². The summed E-state index contributed by atoms with van der Waals surface area (Å²) in [6.07, 6.45) is -4.34. The van der Waals surface area contributed by atoms with Crippen LogP contribution in [0.5, 0.6) is 0 Å². The van der Waals surface area contributed by atoms with E-state index in [2.05, 4.69) is 0 Å². The predicted octanol–water partition coefficient (Wildman–Crippen LogP) is 3.88. The molecule has 1 fully saturated rings. The molecule has 1 aliphatic rings. The number of carbonyl (C=O) groups is 1. The molecule has 1 heterocycles. The molecule has 122 valence electrons. The molecule has 22 heavy (non-hydrogen) atoms. The maximum absolute atomic E-state index is 12.9. The number of amides is 1. The van der Waals surface area contributed by atoms with E-state index in [1.165, 1.54) is 13.0 Å². The van der Waals surface area contributed by atoms with E-state index in [0.717, 1.165) is 6.07 Å². The molecule has 2 rings (SSSR count). The van der Waals surface area contributed by atoms with Gasteiger partial charge in [-0.25, -0.2) is 0 Å². The molecule has 0 aromatic heterocycles. The molecule has 1 amide bonds. The van der Waals surface area contributed by atoms with E-state index in [-0.39, 0.29) is 11.6 Å². The largest absolute Gasteiger partial charge is 0.416 e. The number of halogens is 4. The number of piperazine rings is 1. The Labute approximate surface area is 132 Å². The third kappa shape index (κ3) is 3.73. The van der Waals surface area contributed by atoms with Gasteiger partial charge in [0.1, 0.15) is 0 Å². The van der Waals surface area contributed by atoms with Crippen LogP contribution >= 0.6 is 11.6 Å². The molecule has 1 saturated heterocycles. The minimum Gasteiger partial charge on any atom is -0.324 e. The van der Waals surface area contributed by atoms with E-state index in [4.69, 9.17) is 11.6 Å². The van der Waals surface area contributed by atoms with Gasteiger partial charge in [-0.2, -0.15) is 13.2 Å². The third-order valence-corrected chi connectivity index (χ3v) is 4.30. The van der Waals surface area contributed by atoms with Crippen molar-refractivity contribution in [1.29, 1.82) is 0 Å². The van der Waals surface area contributed by atoms with Gasteiger partial charge in [-0.15, -0.1) is 0 Å². The van der Waals surface area contributed by atoms with E-state index in [0.29, 0.717) is 31.7 Å². The van der Waals surface area contributed by atoms with Crippen LogP contribution in [0.2, 0.25) is 0 Å².